The molecule has 5 heteroatoms. The highest BCUT2D eigenvalue weighted by Crippen LogP contribution is 2.02. The fourth-order valence-corrected chi connectivity index (χ4v) is 1.04. The van der Waals surface area contributed by atoms with Crippen molar-refractivity contribution in [3.8, 4) is 0 Å². The van der Waals surface area contributed by atoms with Gasteiger partial charge in [0, 0.05) is 25.2 Å². The van der Waals surface area contributed by atoms with Gasteiger partial charge in [0.15, 0.2) is 0 Å². The smallest absolute Gasteiger partial charge is 0.293 e. The average molecular weight is 253 g/mol. The molecule has 2 atom stereocenters. The van der Waals surface area contributed by atoms with Crippen LogP contribution in [0.2, 0.25) is 0 Å². The number of ether oxygens (including phenoxy) is 1. The zero-order valence-electron chi connectivity index (χ0n) is 10.9. The third kappa shape index (κ3) is 11.8. The van der Waals surface area contributed by atoms with Gasteiger partial charge in [-0.1, -0.05) is 0 Å². The van der Waals surface area contributed by atoms with Crippen LogP contribution < -0.4 is 10.6 Å². The van der Waals surface area contributed by atoms with Crippen LogP contribution in [0.5, 0.6) is 0 Å². The molecule has 2 N–H and O–H groups in total. The van der Waals surface area contributed by atoms with E-state index >= 15 is 0 Å². The summed E-state index contributed by atoms with van der Waals surface area (Å²) in [6, 6.07) is 1.32. The Balaban J connectivity index is 0. The molecule has 0 aromatic rings. The lowest BCUT2D eigenvalue weighted by atomic mass is 10.2. The summed E-state index contributed by atoms with van der Waals surface area (Å²) >= 11 is 0. The van der Waals surface area contributed by atoms with Crippen molar-refractivity contribution in [1.82, 2.24) is 10.6 Å². The van der Waals surface area contributed by atoms with E-state index in [0.717, 1.165) is 13.1 Å². The van der Waals surface area contributed by atoms with Crippen LogP contribution in [0.1, 0.15) is 34.6 Å². The molecule has 1 fully saturated rings. The predicted octanol–water partition coefficient (Wildman–Crippen LogP) is 1.34. The van der Waals surface area contributed by atoms with Crippen molar-refractivity contribution in [2.75, 3.05) is 13.1 Å². The van der Waals surface area contributed by atoms with Crippen LogP contribution in [0.4, 0.5) is 0 Å². The average Bonchev–Trinajstić information content (AvgIpc) is 2.09. The van der Waals surface area contributed by atoms with Gasteiger partial charge in [-0.05, 0) is 34.6 Å². The highest BCUT2D eigenvalue weighted by atomic mass is 35.5. The van der Waals surface area contributed by atoms with Gasteiger partial charge in [0.25, 0.3) is 6.47 Å². The number of piperazine rings is 1. The number of nitrogens with one attached hydrogen (secondary N) is 2. The molecule has 1 heterocycles. The summed E-state index contributed by atoms with van der Waals surface area (Å²) in [5, 5.41) is 6.74. The quantitative estimate of drug-likeness (QED) is 0.692. The molecule has 4 nitrogen and oxygen atoms in total. The Bertz CT molecular complexity index is 165. The second-order valence-corrected chi connectivity index (χ2v) is 4.95. The maximum Gasteiger partial charge on any atom is 0.293 e. The van der Waals surface area contributed by atoms with E-state index in [1.54, 1.807) is 0 Å². The van der Waals surface area contributed by atoms with E-state index in [1.165, 1.54) is 0 Å². The number of carbonyl (C=O) groups excluding carboxylic acids is 1. The van der Waals surface area contributed by atoms with Gasteiger partial charge in [-0.25, -0.2) is 0 Å². The Morgan fingerprint density at radius 2 is 1.50 bits per heavy atom. The van der Waals surface area contributed by atoms with Crippen molar-refractivity contribution in [1.29, 1.82) is 0 Å². The van der Waals surface area contributed by atoms with Gasteiger partial charge in [0.2, 0.25) is 0 Å². The van der Waals surface area contributed by atoms with Crippen molar-refractivity contribution in [2.45, 2.75) is 52.3 Å². The number of hydrogen-bond acceptors (Lipinski definition) is 4. The van der Waals surface area contributed by atoms with Crippen LogP contribution in [-0.4, -0.2) is 37.2 Å². The molecule has 0 bridgehead atoms. The SMILES string of the molecule is CC(C)(C)OC=O.C[C@@H]1CN[C@@H](C)CN1.Cl. The summed E-state index contributed by atoms with van der Waals surface area (Å²) in [5.74, 6) is 0. The van der Waals surface area contributed by atoms with E-state index < -0.39 is 0 Å². The Morgan fingerprint density at radius 3 is 1.62 bits per heavy atom. The first-order valence-corrected chi connectivity index (χ1v) is 5.43. The third-order valence-electron chi connectivity index (χ3n) is 1.95. The summed E-state index contributed by atoms with van der Waals surface area (Å²) in [6.45, 7) is 12.5. The minimum Gasteiger partial charge on any atom is -0.462 e. The van der Waals surface area contributed by atoms with Gasteiger partial charge in [-0.3, -0.25) is 4.79 Å². The van der Waals surface area contributed by atoms with Gasteiger partial charge in [-0.15, -0.1) is 12.4 Å². The first-order valence-electron chi connectivity index (χ1n) is 5.43. The monoisotopic (exact) mass is 252 g/mol. The standard InChI is InChI=1S/C6H14N2.C5H10O2.ClH/c1-5-3-8-6(2)4-7-5;1-5(2,3)7-4-6;/h5-8H,3-4H2,1-2H3;4H,1-3H3;1H/t5-,6+;;. The van der Waals surface area contributed by atoms with E-state index in [2.05, 4.69) is 29.2 Å². The largest absolute Gasteiger partial charge is 0.462 e. The van der Waals surface area contributed by atoms with Gasteiger partial charge in [0.1, 0.15) is 5.60 Å². The van der Waals surface area contributed by atoms with Crippen molar-refractivity contribution in [3.63, 3.8) is 0 Å². The van der Waals surface area contributed by atoms with Gasteiger partial charge in [-0.2, -0.15) is 0 Å². The molecule has 0 unspecified atom stereocenters. The molecule has 16 heavy (non-hydrogen) atoms. The lowest BCUT2D eigenvalue weighted by Crippen LogP contribution is -2.51. The molecule has 1 rings (SSSR count). The van der Waals surface area contributed by atoms with E-state index in [0.29, 0.717) is 18.6 Å². The molecule has 0 saturated carbocycles. The Morgan fingerprint density at radius 1 is 1.12 bits per heavy atom. The highest BCUT2D eigenvalue weighted by Gasteiger charge is 2.10. The summed E-state index contributed by atoms with van der Waals surface area (Å²) in [5.41, 5.74) is -0.318. The molecule has 98 valence electrons. The molecule has 0 spiro atoms. The molecule has 1 aliphatic rings. The number of halogens is 1. The van der Waals surface area contributed by atoms with E-state index in [4.69, 9.17) is 0 Å². The Kier molecular flexibility index (Phi) is 9.92. The molecule has 0 radical (unpaired) electrons. The molecule has 1 saturated heterocycles. The predicted molar refractivity (Wildman–Crippen MR) is 69.1 cm³/mol. The molecule has 0 aromatic carbocycles. The van der Waals surface area contributed by atoms with Crippen LogP contribution in [0.25, 0.3) is 0 Å². The van der Waals surface area contributed by atoms with Gasteiger partial charge in [0.05, 0.1) is 0 Å². The fourth-order valence-electron chi connectivity index (χ4n) is 1.04. The maximum absolute atomic E-state index is 9.60. The third-order valence-corrected chi connectivity index (χ3v) is 1.95. The second kappa shape index (κ2) is 8.79. The summed E-state index contributed by atoms with van der Waals surface area (Å²) in [6.07, 6.45) is 0. The summed E-state index contributed by atoms with van der Waals surface area (Å²) in [4.78, 5) is 9.60. The maximum atomic E-state index is 9.60. The minimum absolute atomic E-state index is 0. The van der Waals surface area contributed by atoms with Crippen LogP contribution in [0, 0.1) is 0 Å². The molecule has 0 aromatic heterocycles. The number of hydrogen-bond donors (Lipinski definition) is 2. The first-order chi connectivity index (χ1) is 6.85. The van der Waals surface area contributed by atoms with Crippen LogP contribution in [0.3, 0.4) is 0 Å². The van der Waals surface area contributed by atoms with Crippen molar-refractivity contribution < 1.29 is 9.53 Å². The molecular weight excluding hydrogens is 228 g/mol. The van der Waals surface area contributed by atoms with Gasteiger partial charge >= 0.3 is 0 Å². The van der Waals surface area contributed by atoms with Crippen molar-refractivity contribution in [3.05, 3.63) is 0 Å². The zero-order valence-corrected chi connectivity index (χ0v) is 11.7. The van der Waals surface area contributed by atoms with E-state index in [9.17, 15) is 4.79 Å². The Hall–Kier alpha value is -0.320. The topological polar surface area (TPSA) is 50.4 Å². The van der Waals surface area contributed by atoms with Gasteiger partial charge < -0.3 is 15.4 Å². The van der Waals surface area contributed by atoms with E-state index in [1.807, 2.05) is 20.8 Å². The summed E-state index contributed by atoms with van der Waals surface area (Å²) in [7, 11) is 0. The lowest BCUT2D eigenvalue weighted by Gasteiger charge is -2.26. The highest BCUT2D eigenvalue weighted by molar-refractivity contribution is 5.85. The second-order valence-electron chi connectivity index (χ2n) is 4.95. The zero-order chi connectivity index (χ0) is 11.9. The molecule has 0 amide bonds. The molecule has 0 aliphatic carbocycles. The normalized spacial score (nSPS) is 24.6. The van der Waals surface area contributed by atoms with Crippen LogP contribution in [0.15, 0.2) is 0 Å². The Labute approximate surface area is 105 Å². The van der Waals surface area contributed by atoms with Crippen molar-refractivity contribution in [2.24, 2.45) is 0 Å². The molecule has 1 aliphatic heterocycles. The van der Waals surface area contributed by atoms with Crippen LogP contribution in [-0.2, 0) is 9.53 Å². The number of rotatable bonds is 1. The molecular formula is C11H25ClN2O2. The summed E-state index contributed by atoms with van der Waals surface area (Å²) < 4.78 is 4.55. The number of carbonyl (C=O) groups is 1. The first kappa shape index (κ1) is 18.1. The van der Waals surface area contributed by atoms with Crippen molar-refractivity contribution >= 4 is 18.9 Å². The lowest BCUT2D eigenvalue weighted by molar-refractivity contribution is -0.138. The fraction of sp³-hybridized carbons (Fsp3) is 0.909. The van der Waals surface area contributed by atoms with Crippen LogP contribution >= 0.6 is 12.4 Å². The minimum atomic E-state index is -0.318. The van der Waals surface area contributed by atoms with E-state index in [-0.39, 0.29) is 18.0 Å².